The van der Waals surface area contributed by atoms with Gasteiger partial charge in [-0.05, 0) is 20.3 Å². The second kappa shape index (κ2) is 3.45. The normalized spacial score (nSPS) is 37.7. The molecule has 5 nitrogen and oxygen atoms in total. The zero-order chi connectivity index (χ0) is 12.0. The van der Waals surface area contributed by atoms with Crippen LogP contribution in [0.25, 0.3) is 0 Å². The summed E-state index contributed by atoms with van der Waals surface area (Å²) in [7, 11) is 0. The first-order valence-electron chi connectivity index (χ1n) is 5.61. The van der Waals surface area contributed by atoms with Crippen molar-refractivity contribution in [2.24, 2.45) is 0 Å². The largest absolute Gasteiger partial charge is 0.464 e. The first kappa shape index (κ1) is 11.4. The first-order valence-corrected chi connectivity index (χ1v) is 5.61. The predicted octanol–water partition coefficient (Wildman–Crippen LogP) is 0.0654. The zero-order valence-electron chi connectivity index (χ0n) is 9.65. The van der Waals surface area contributed by atoms with E-state index in [9.17, 15) is 14.7 Å². The molecule has 2 aliphatic heterocycles. The lowest BCUT2D eigenvalue weighted by Crippen LogP contribution is -2.48. The van der Waals surface area contributed by atoms with Crippen LogP contribution in [0.15, 0.2) is 0 Å². The minimum atomic E-state index is -0.983. The molecule has 5 heteroatoms. The molecule has 1 amide bonds. The quantitative estimate of drug-likeness (QED) is 0.678. The van der Waals surface area contributed by atoms with Crippen molar-refractivity contribution in [2.75, 3.05) is 13.2 Å². The maximum Gasteiger partial charge on any atom is 0.332 e. The van der Waals surface area contributed by atoms with Crippen LogP contribution in [0.1, 0.15) is 33.1 Å². The van der Waals surface area contributed by atoms with Crippen molar-refractivity contribution in [1.29, 1.82) is 0 Å². The van der Waals surface area contributed by atoms with Gasteiger partial charge in [-0.15, -0.1) is 0 Å². The van der Waals surface area contributed by atoms with Gasteiger partial charge in [-0.1, -0.05) is 0 Å². The molecule has 2 atom stereocenters. The molecule has 0 aromatic carbocycles. The van der Waals surface area contributed by atoms with Crippen LogP contribution in [0.2, 0.25) is 0 Å². The van der Waals surface area contributed by atoms with Crippen LogP contribution >= 0.6 is 0 Å². The average Bonchev–Trinajstić information content (AvgIpc) is 2.62. The van der Waals surface area contributed by atoms with E-state index in [4.69, 9.17) is 4.74 Å². The molecule has 0 bridgehead atoms. The zero-order valence-corrected chi connectivity index (χ0v) is 9.65. The fourth-order valence-corrected chi connectivity index (χ4v) is 2.82. The van der Waals surface area contributed by atoms with Crippen LogP contribution < -0.4 is 0 Å². The van der Waals surface area contributed by atoms with Gasteiger partial charge in [-0.25, -0.2) is 4.79 Å². The molecular formula is C11H17NO4. The Hall–Kier alpha value is -1.10. The van der Waals surface area contributed by atoms with E-state index in [-0.39, 0.29) is 24.8 Å². The summed E-state index contributed by atoms with van der Waals surface area (Å²) in [5.74, 6) is -0.440. The van der Waals surface area contributed by atoms with E-state index >= 15 is 0 Å². The van der Waals surface area contributed by atoms with Crippen molar-refractivity contribution in [3.8, 4) is 0 Å². The molecule has 2 aliphatic rings. The highest BCUT2D eigenvalue weighted by Crippen LogP contribution is 2.44. The van der Waals surface area contributed by atoms with E-state index in [1.807, 2.05) is 0 Å². The molecule has 0 saturated carbocycles. The summed E-state index contributed by atoms with van der Waals surface area (Å²) in [6.45, 7) is 3.91. The van der Waals surface area contributed by atoms with Gasteiger partial charge in [0.15, 0.2) is 0 Å². The molecule has 0 aromatic heterocycles. The number of nitrogens with zero attached hydrogens (tertiary/aromatic N) is 1. The SMILES string of the molecule is CCOC(=O)C12CCC(=O)N1CC(C)(O)C2. The standard InChI is InChI=1S/C11H17NO4/c1-3-16-9(14)11-5-4-8(13)12(11)7-10(2,15)6-11/h15H,3-7H2,1-2H3. The third-order valence-electron chi connectivity index (χ3n) is 3.40. The van der Waals surface area contributed by atoms with Gasteiger partial charge in [0, 0.05) is 12.8 Å². The Balaban J connectivity index is 2.30. The van der Waals surface area contributed by atoms with Crippen LogP contribution in [0.4, 0.5) is 0 Å². The maximum absolute atomic E-state index is 12.0. The number of fused-ring (bicyclic) bond motifs is 1. The third kappa shape index (κ3) is 1.50. The topological polar surface area (TPSA) is 66.8 Å². The number of rotatable bonds is 2. The van der Waals surface area contributed by atoms with Gasteiger partial charge in [-0.2, -0.15) is 0 Å². The summed E-state index contributed by atoms with van der Waals surface area (Å²) < 4.78 is 5.03. The molecular weight excluding hydrogens is 210 g/mol. The van der Waals surface area contributed by atoms with E-state index in [1.165, 1.54) is 4.90 Å². The fraction of sp³-hybridized carbons (Fsp3) is 0.818. The van der Waals surface area contributed by atoms with E-state index < -0.39 is 11.1 Å². The van der Waals surface area contributed by atoms with E-state index in [1.54, 1.807) is 13.8 Å². The van der Waals surface area contributed by atoms with E-state index in [0.717, 1.165) is 0 Å². The van der Waals surface area contributed by atoms with Gasteiger partial charge in [0.25, 0.3) is 0 Å². The van der Waals surface area contributed by atoms with Crippen LogP contribution in [-0.2, 0) is 14.3 Å². The number of amides is 1. The number of ether oxygens (including phenoxy) is 1. The highest BCUT2D eigenvalue weighted by atomic mass is 16.5. The summed E-state index contributed by atoms with van der Waals surface area (Å²) in [6.07, 6.45) is 1.11. The number of esters is 1. The summed E-state index contributed by atoms with van der Waals surface area (Å²) in [6, 6.07) is 0. The minimum absolute atomic E-state index is 0.0640. The fourth-order valence-electron chi connectivity index (χ4n) is 2.82. The Labute approximate surface area is 94.4 Å². The van der Waals surface area contributed by atoms with Crippen LogP contribution in [0, 0.1) is 0 Å². The Morgan fingerprint density at radius 3 is 2.94 bits per heavy atom. The number of hydrogen-bond donors (Lipinski definition) is 1. The molecule has 16 heavy (non-hydrogen) atoms. The Bertz CT molecular complexity index is 339. The number of carbonyl (C=O) groups is 2. The number of hydrogen-bond acceptors (Lipinski definition) is 4. The molecule has 2 unspecified atom stereocenters. The summed E-state index contributed by atoms with van der Waals surface area (Å²) in [4.78, 5) is 25.1. The van der Waals surface area contributed by atoms with Crippen molar-refractivity contribution in [3.05, 3.63) is 0 Å². The third-order valence-corrected chi connectivity index (χ3v) is 3.40. The summed E-state index contributed by atoms with van der Waals surface area (Å²) in [5, 5.41) is 10.00. The summed E-state index contributed by atoms with van der Waals surface area (Å²) in [5.41, 5.74) is -1.89. The molecule has 0 spiro atoms. The van der Waals surface area contributed by atoms with Gasteiger partial charge in [-0.3, -0.25) is 4.79 Å². The van der Waals surface area contributed by atoms with Gasteiger partial charge in [0.2, 0.25) is 5.91 Å². The molecule has 2 heterocycles. The molecule has 1 N–H and O–H groups in total. The Morgan fingerprint density at radius 1 is 1.62 bits per heavy atom. The molecule has 90 valence electrons. The van der Waals surface area contributed by atoms with Gasteiger partial charge in [0.05, 0.1) is 18.8 Å². The van der Waals surface area contributed by atoms with Crippen LogP contribution in [-0.4, -0.2) is 46.2 Å². The van der Waals surface area contributed by atoms with E-state index in [2.05, 4.69) is 0 Å². The average molecular weight is 227 g/mol. The summed E-state index contributed by atoms with van der Waals surface area (Å²) >= 11 is 0. The van der Waals surface area contributed by atoms with Gasteiger partial charge < -0.3 is 14.7 Å². The van der Waals surface area contributed by atoms with Gasteiger partial charge >= 0.3 is 5.97 Å². The second-order valence-electron chi connectivity index (χ2n) is 4.91. The van der Waals surface area contributed by atoms with Crippen LogP contribution in [0.5, 0.6) is 0 Å². The smallest absolute Gasteiger partial charge is 0.332 e. The molecule has 2 fully saturated rings. The van der Waals surface area contributed by atoms with Crippen molar-refractivity contribution < 1.29 is 19.4 Å². The second-order valence-corrected chi connectivity index (χ2v) is 4.91. The highest BCUT2D eigenvalue weighted by Gasteiger charge is 2.61. The number of aliphatic hydroxyl groups is 1. The van der Waals surface area contributed by atoms with Crippen molar-refractivity contribution in [1.82, 2.24) is 4.90 Å². The molecule has 0 aromatic rings. The molecule has 0 radical (unpaired) electrons. The lowest BCUT2D eigenvalue weighted by atomic mass is 9.88. The minimum Gasteiger partial charge on any atom is -0.464 e. The molecule has 2 rings (SSSR count). The van der Waals surface area contributed by atoms with Crippen LogP contribution in [0.3, 0.4) is 0 Å². The first-order chi connectivity index (χ1) is 7.41. The van der Waals surface area contributed by atoms with Gasteiger partial charge in [0.1, 0.15) is 5.54 Å². The Morgan fingerprint density at radius 2 is 2.31 bits per heavy atom. The highest BCUT2D eigenvalue weighted by molar-refractivity contribution is 5.92. The monoisotopic (exact) mass is 227 g/mol. The Kier molecular flexibility index (Phi) is 2.45. The molecule has 0 aliphatic carbocycles. The number of β-amino-alcohol motifs (C(OH)–C–C–N with tert-alkyl or cyclic N) is 1. The van der Waals surface area contributed by atoms with Crippen molar-refractivity contribution in [2.45, 2.75) is 44.2 Å². The van der Waals surface area contributed by atoms with Crippen molar-refractivity contribution in [3.63, 3.8) is 0 Å². The predicted molar refractivity (Wildman–Crippen MR) is 55.6 cm³/mol. The molecule has 2 saturated heterocycles. The maximum atomic E-state index is 12.0. The van der Waals surface area contributed by atoms with Crippen molar-refractivity contribution >= 4 is 11.9 Å². The van der Waals surface area contributed by atoms with E-state index in [0.29, 0.717) is 19.4 Å². The lowest BCUT2D eigenvalue weighted by molar-refractivity contribution is -0.157. The number of carbonyl (C=O) groups excluding carboxylic acids is 2. The lowest BCUT2D eigenvalue weighted by Gasteiger charge is -2.28.